The van der Waals surface area contributed by atoms with Gasteiger partial charge in [0.25, 0.3) is 0 Å². The van der Waals surface area contributed by atoms with Crippen LogP contribution in [0.25, 0.3) is 27.5 Å². The quantitative estimate of drug-likeness (QED) is 0.335. The molecule has 0 atom stereocenters. The van der Waals surface area contributed by atoms with Crippen LogP contribution in [-0.2, 0) is 6.54 Å². The van der Waals surface area contributed by atoms with Crippen molar-refractivity contribution in [3.05, 3.63) is 87.7 Å². The van der Waals surface area contributed by atoms with Crippen LogP contribution in [-0.4, -0.2) is 17.8 Å². The number of hydrogen-bond acceptors (Lipinski definition) is 6. The van der Waals surface area contributed by atoms with Crippen LogP contribution in [0.3, 0.4) is 0 Å². The Bertz CT molecular complexity index is 1590. The van der Waals surface area contributed by atoms with Crippen molar-refractivity contribution in [1.29, 1.82) is 0 Å². The van der Waals surface area contributed by atoms with Crippen LogP contribution in [0.5, 0.6) is 5.75 Å². The molecule has 0 unspecified atom stereocenters. The van der Waals surface area contributed by atoms with E-state index in [1.54, 1.807) is 19.2 Å². The van der Waals surface area contributed by atoms with Crippen LogP contribution in [0.4, 0.5) is 15.8 Å². The number of anilines is 2. The Morgan fingerprint density at radius 1 is 1.06 bits per heavy atom. The predicted molar refractivity (Wildman–Crippen MR) is 142 cm³/mol. The lowest BCUT2D eigenvalue weighted by molar-refractivity contribution is 0.371. The Kier molecular flexibility index (Phi) is 5.79. The van der Waals surface area contributed by atoms with Crippen molar-refractivity contribution >= 4 is 27.7 Å². The number of fused-ring (bicyclic) bond motifs is 2. The van der Waals surface area contributed by atoms with Gasteiger partial charge in [0, 0.05) is 40.5 Å². The summed E-state index contributed by atoms with van der Waals surface area (Å²) in [6.07, 6.45) is 2.22. The Balaban J connectivity index is 1.63. The molecule has 0 saturated heterocycles. The number of benzene rings is 3. The molecule has 1 aromatic heterocycles. The van der Waals surface area contributed by atoms with Crippen molar-refractivity contribution in [2.45, 2.75) is 39.8 Å². The molecule has 2 heterocycles. The van der Waals surface area contributed by atoms with Crippen molar-refractivity contribution in [2.24, 2.45) is 0 Å². The number of hydrogen-bond donors (Lipinski definition) is 2. The van der Waals surface area contributed by atoms with E-state index in [0.717, 1.165) is 44.6 Å². The fourth-order valence-electron chi connectivity index (χ4n) is 5.05. The van der Waals surface area contributed by atoms with Crippen LogP contribution in [0, 0.1) is 12.7 Å². The lowest BCUT2D eigenvalue weighted by Crippen LogP contribution is -2.32. The highest BCUT2D eigenvalue weighted by molar-refractivity contribution is 5.89. The zero-order chi connectivity index (χ0) is 25.6. The second-order valence-electron chi connectivity index (χ2n) is 9.70. The van der Waals surface area contributed by atoms with Crippen LogP contribution < -0.4 is 21.0 Å². The van der Waals surface area contributed by atoms with Gasteiger partial charge in [0.15, 0.2) is 0 Å². The normalized spacial score (nSPS) is 14.1. The summed E-state index contributed by atoms with van der Waals surface area (Å²) in [5.41, 5.74) is 6.97. The maximum Gasteiger partial charge on any atom is 0.366 e. The Morgan fingerprint density at radius 2 is 1.83 bits per heavy atom. The molecule has 0 fully saturated rings. The topological polar surface area (TPSA) is 76.4 Å². The van der Waals surface area contributed by atoms with Crippen molar-refractivity contribution in [3.8, 4) is 16.9 Å². The molecule has 184 valence electrons. The number of allylic oxidation sites excluding steroid dienone is 1. The summed E-state index contributed by atoms with van der Waals surface area (Å²) in [4.78, 5) is 12.1. The van der Waals surface area contributed by atoms with E-state index in [0.29, 0.717) is 23.4 Å². The number of ether oxygens (including phenoxy) is 1. The molecule has 0 amide bonds. The largest absolute Gasteiger partial charge is 0.496 e. The van der Waals surface area contributed by atoms with Crippen molar-refractivity contribution in [3.63, 3.8) is 0 Å². The van der Waals surface area contributed by atoms with E-state index in [4.69, 9.17) is 9.26 Å². The third kappa shape index (κ3) is 4.21. The van der Waals surface area contributed by atoms with E-state index in [9.17, 15) is 9.18 Å². The van der Waals surface area contributed by atoms with Crippen molar-refractivity contribution in [2.75, 3.05) is 17.7 Å². The van der Waals surface area contributed by atoms with Crippen LogP contribution in [0.1, 0.15) is 37.6 Å². The minimum absolute atomic E-state index is 0.180. The number of aromatic nitrogens is 1. The SMILES string of the molecule is COc1cc(F)ccc1-c1ccc2c(c1CNc1ccc3c(=O)onc(C)c3c1)C(C)=CC(C)(C)N2. The van der Waals surface area contributed by atoms with Gasteiger partial charge in [-0.05, 0) is 80.8 Å². The van der Waals surface area contributed by atoms with Gasteiger partial charge in [-0.15, -0.1) is 0 Å². The van der Waals surface area contributed by atoms with E-state index in [-0.39, 0.29) is 11.4 Å². The molecule has 4 aromatic rings. The first-order valence-corrected chi connectivity index (χ1v) is 11.8. The summed E-state index contributed by atoms with van der Waals surface area (Å²) in [5.74, 6) is 0.124. The van der Waals surface area contributed by atoms with Gasteiger partial charge in [-0.25, -0.2) is 9.18 Å². The molecule has 0 spiro atoms. The van der Waals surface area contributed by atoms with Crippen molar-refractivity contribution in [1.82, 2.24) is 5.16 Å². The number of methoxy groups -OCH3 is 1. The van der Waals surface area contributed by atoms with Crippen LogP contribution >= 0.6 is 0 Å². The second-order valence-corrected chi connectivity index (χ2v) is 9.70. The third-order valence-electron chi connectivity index (χ3n) is 6.56. The predicted octanol–water partition coefficient (Wildman–Crippen LogP) is 6.53. The highest BCUT2D eigenvalue weighted by Gasteiger charge is 2.26. The Labute approximate surface area is 208 Å². The number of nitrogens with one attached hydrogen (secondary N) is 2. The molecule has 3 aromatic carbocycles. The average molecular weight is 486 g/mol. The minimum Gasteiger partial charge on any atom is -0.496 e. The fourth-order valence-corrected chi connectivity index (χ4v) is 5.05. The molecule has 0 radical (unpaired) electrons. The molecular formula is C29H28FN3O3. The maximum absolute atomic E-state index is 14.0. The third-order valence-corrected chi connectivity index (χ3v) is 6.56. The number of halogens is 1. The molecule has 2 N–H and O–H groups in total. The number of aryl methyl sites for hydroxylation is 1. The maximum atomic E-state index is 14.0. The van der Waals surface area contributed by atoms with Gasteiger partial charge in [-0.1, -0.05) is 17.3 Å². The summed E-state index contributed by atoms with van der Waals surface area (Å²) >= 11 is 0. The molecule has 0 bridgehead atoms. The first-order chi connectivity index (χ1) is 17.2. The first kappa shape index (κ1) is 23.6. The van der Waals surface area contributed by atoms with Crippen molar-refractivity contribution < 1.29 is 13.7 Å². The number of rotatable bonds is 5. The monoisotopic (exact) mass is 485 g/mol. The molecule has 36 heavy (non-hydrogen) atoms. The zero-order valence-electron chi connectivity index (χ0n) is 21.0. The summed E-state index contributed by atoms with van der Waals surface area (Å²) in [6.45, 7) is 8.68. The number of nitrogens with zero attached hydrogens (tertiary/aromatic N) is 1. The second kappa shape index (κ2) is 8.82. The van der Waals surface area contributed by atoms with E-state index in [2.05, 4.69) is 48.7 Å². The van der Waals surface area contributed by atoms with Gasteiger partial charge in [0.1, 0.15) is 11.6 Å². The molecule has 6 nitrogen and oxygen atoms in total. The minimum atomic E-state index is -0.459. The van der Waals surface area contributed by atoms with Crippen LogP contribution in [0.2, 0.25) is 0 Å². The highest BCUT2D eigenvalue weighted by atomic mass is 19.1. The van der Waals surface area contributed by atoms with Gasteiger partial charge in [0.2, 0.25) is 0 Å². The zero-order valence-corrected chi connectivity index (χ0v) is 21.0. The lowest BCUT2D eigenvalue weighted by Gasteiger charge is -2.33. The van der Waals surface area contributed by atoms with E-state index in [1.165, 1.54) is 12.1 Å². The van der Waals surface area contributed by atoms with Gasteiger partial charge < -0.3 is 19.9 Å². The van der Waals surface area contributed by atoms with E-state index in [1.807, 2.05) is 25.1 Å². The summed E-state index contributed by atoms with van der Waals surface area (Å²) < 4.78 is 24.4. The van der Waals surface area contributed by atoms with Crippen LogP contribution in [0.15, 0.2) is 63.9 Å². The Hall–Kier alpha value is -4.13. The average Bonchev–Trinajstić information content (AvgIpc) is 2.84. The molecule has 0 saturated carbocycles. The van der Waals surface area contributed by atoms with Gasteiger partial charge in [0.05, 0.1) is 23.7 Å². The van der Waals surface area contributed by atoms with E-state index >= 15 is 0 Å². The molecule has 7 heteroatoms. The standard InChI is InChI=1S/C29H28FN3O3/c1-16-14-29(3,4)32-25-11-10-20(21-8-6-18(30)12-26(21)35-5)24(27(16)25)15-31-19-7-9-22-23(13-19)17(2)33-36-28(22)34/h6-14,31-32H,15H2,1-5H3. The van der Waals surface area contributed by atoms with E-state index < -0.39 is 5.63 Å². The van der Waals surface area contributed by atoms with Gasteiger partial charge in [-0.3, -0.25) is 0 Å². The molecule has 1 aliphatic rings. The smallest absolute Gasteiger partial charge is 0.366 e. The lowest BCUT2D eigenvalue weighted by atomic mass is 9.85. The molecular weight excluding hydrogens is 457 g/mol. The highest BCUT2D eigenvalue weighted by Crippen LogP contribution is 2.42. The summed E-state index contributed by atoms with van der Waals surface area (Å²) in [6, 6.07) is 14.2. The first-order valence-electron chi connectivity index (χ1n) is 11.8. The molecule has 5 rings (SSSR count). The van der Waals surface area contributed by atoms with Gasteiger partial charge in [-0.2, -0.15) is 0 Å². The fraction of sp³-hybridized carbons (Fsp3) is 0.241. The summed E-state index contributed by atoms with van der Waals surface area (Å²) in [5, 5.41) is 12.2. The molecule has 1 aliphatic heterocycles. The van der Waals surface area contributed by atoms with Gasteiger partial charge >= 0.3 is 5.63 Å². The molecule has 0 aliphatic carbocycles. The summed E-state index contributed by atoms with van der Waals surface area (Å²) in [7, 11) is 1.55. The Morgan fingerprint density at radius 3 is 2.61 bits per heavy atom.